The number of hydrogen-bond acceptors (Lipinski definition) is 2. The molecule has 1 heterocycles. The van der Waals surface area contributed by atoms with Crippen LogP contribution in [0.2, 0.25) is 0 Å². The van der Waals surface area contributed by atoms with Gasteiger partial charge in [0.15, 0.2) is 0 Å². The van der Waals surface area contributed by atoms with Crippen LogP contribution in [0.3, 0.4) is 0 Å². The number of anilines is 1. The van der Waals surface area contributed by atoms with Crippen molar-refractivity contribution in [3.8, 4) is 0 Å². The molecule has 1 fully saturated rings. The van der Waals surface area contributed by atoms with Crippen molar-refractivity contribution in [3.63, 3.8) is 0 Å². The van der Waals surface area contributed by atoms with Gasteiger partial charge in [0.1, 0.15) is 0 Å². The summed E-state index contributed by atoms with van der Waals surface area (Å²) >= 11 is 0. The van der Waals surface area contributed by atoms with E-state index in [1.54, 1.807) is 0 Å². The van der Waals surface area contributed by atoms with Gasteiger partial charge in [0.25, 0.3) is 0 Å². The van der Waals surface area contributed by atoms with E-state index < -0.39 is 0 Å². The minimum atomic E-state index is -0.281. The lowest BCUT2D eigenvalue weighted by Gasteiger charge is -2.24. The first-order valence-electron chi connectivity index (χ1n) is 7.06. The molecule has 2 rings (SSSR count). The Bertz CT molecular complexity index is 474. The lowest BCUT2D eigenvalue weighted by Crippen LogP contribution is -2.35. The molecule has 0 spiro atoms. The van der Waals surface area contributed by atoms with E-state index in [1.807, 2.05) is 6.92 Å². The third-order valence-electron chi connectivity index (χ3n) is 4.08. The summed E-state index contributed by atoms with van der Waals surface area (Å²) in [6, 6.07) is 6.21. The average Bonchev–Trinajstić information content (AvgIpc) is 2.79. The number of hydrogen-bond donors (Lipinski definition) is 2. The molecule has 0 saturated carbocycles. The van der Waals surface area contributed by atoms with Crippen molar-refractivity contribution in [2.45, 2.75) is 40.0 Å². The highest BCUT2D eigenvalue weighted by Crippen LogP contribution is 2.31. The minimum absolute atomic E-state index is 0.133. The molecule has 1 unspecified atom stereocenters. The monoisotopic (exact) mass is 260 g/mol. The second kappa shape index (κ2) is 5.33. The first-order chi connectivity index (χ1) is 8.94. The fourth-order valence-electron chi connectivity index (χ4n) is 2.62. The normalized spacial score (nSPS) is 22.8. The average molecular weight is 260 g/mol. The maximum absolute atomic E-state index is 12.5. The molecule has 0 aromatic heterocycles. The van der Waals surface area contributed by atoms with Gasteiger partial charge in [0, 0.05) is 12.2 Å². The van der Waals surface area contributed by atoms with Gasteiger partial charge in [0.05, 0.1) is 5.41 Å². The zero-order valence-electron chi connectivity index (χ0n) is 12.3. The summed E-state index contributed by atoms with van der Waals surface area (Å²) in [5.41, 5.74) is 3.06. The van der Waals surface area contributed by atoms with E-state index in [9.17, 15) is 4.79 Å². The Labute approximate surface area is 115 Å². The van der Waals surface area contributed by atoms with Gasteiger partial charge in [-0.25, -0.2) is 0 Å². The summed E-state index contributed by atoms with van der Waals surface area (Å²) in [5.74, 6) is 0.540. The Hall–Kier alpha value is -1.35. The minimum Gasteiger partial charge on any atom is -0.325 e. The number of amides is 1. The van der Waals surface area contributed by atoms with Crippen LogP contribution in [0.4, 0.5) is 5.69 Å². The lowest BCUT2D eigenvalue weighted by atomic mass is 9.88. The van der Waals surface area contributed by atoms with Gasteiger partial charge in [-0.1, -0.05) is 32.0 Å². The molecule has 104 valence electrons. The first kappa shape index (κ1) is 14.1. The lowest BCUT2D eigenvalue weighted by molar-refractivity contribution is -0.123. The molecule has 1 aliphatic rings. The maximum atomic E-state index is 12.5. The van der Waals surface area contributed by atoms with Crippen LogP contribution in [0, 0.1) is 12.3 Å². The maximum Gasteiger partial charge on any atom is 0.231 e. The fraction of sp³-hybridized carbons (Fsp3) is 0.562. The van der Waals surface area contributed by atoms with Crippen molar-refractivity contribution in [2.75, 3.05) is 18.4 Å². The molecular formula is C16H24N2O. The van der Waals surface area contributed by atoms with Crippen LogP contribution in [0.15, 0.2) is 18.2 Å². The zero-order valence-corrected chi connectivity index (χ0v) is 12.3. The SMILES string of the molecule is Cc1cccc(C(C)C)c1NC(=O)C1(C)CCNC1. The van der Waals surface area contributed by atoms with E-state index >= 15 is 0 Å². The number of rotatable bonds is 3. The van der Waals surface area contributed by atoms with E-state index in [1.165, 1.54) is 5.56 Å². The smallest absolute Gasteiger partial charge is 0.231 e. The highest BCUT2D eigenvalue weighted by atomic mass is 16.2. The predicted octanol–water partition coefficient (Wildman–Crippen LogP) is 3.06. The van der Waals surface area contributed by atoms with Crippen molar-refractivity contribution in [1.29, 1.82) is 0 Å². The Balaban J connectivity index is 2.26. The van der Waals surface area contributed by atoms with E-state index in [2.05, 4.69) is 49.6 Å². The third kappa shape index (κ3) is 2.81. The molecule has 3 nitrogen and oxygen atoms in total. The predicted molar refractivity (Wildman–Crippen MR) is 79.5 cm³/mol. The molecule has 19 heavy (non-hydrogen) atoms. The van der Waals surface area contributed by atoms with Gasteiger partial charge < -0.3 is 10.6 Å². The number of carbonyl (C=O) groups is 1. The second-order valence-electron chi connectivity index (χ2n) is 6.14. The van der Waals surface area contributed by atoms with E-state index in [-0.39, 0.29) is 11.3 Å². The summed E-state index contributed by atoms with van der Waals surface area (Å²) in [4.78, 5) is 12.5. The van der Waals surface area contributed by atoms with Crippen LogP contribution < -0.4 is 10.6 Å². The van der Waals surface area contributed by atoms with Gasteiger partial charge in [-0.3, -0.25) is 4.79 Å². The van der Waals surface area contributed by atoms with Crippen LogP contribution in [-0.2, 0) is 4.79 Å². The summed E-state index contributed by atoms with van der Waals surface area (Å²) in [7, 11) is 0. The Morgan fingerprint density at radius 2 is 2.16 bits per heavy atom. The van der Waals surface area contributed by atoms with Gasteiger partial charge in [0.2, 0.25) is 5.91 Å². The van der Waals surface area contributed by atoms with Crippen LogP contribution in [0.25, 0.3) is 0 Å². The Morgan fingerprint density at radius 3 is 2.74 bits per heavy atom. The van der Waals surface area contributed by atoms with E-state index in [4.69, 9.17) is 0 Å². The van der Waals surface area contributed by atoms with E-state index in [0.29, 0.717) is 5.92 Å². The topological polar surface area (TPSA) is 41.1 Å². The molecule has 3 heteroatoms. The van der Waals surface area contributed by atoms with Crippen molar-refractivity contribution in [2.24, 2.45) is 5.41 Å². The number of carbonyl (C=O) groups excluding carboxylic acids is 1. The summed E-state index contributed by atoms with van der Waals surface area (Å²) in [6.07, 6.45) is 0.904. The van der Waals surface area contributed by atoms with Crippen LogP contribution in [0.5, 0.6) is 0 Å². The molecule has 1 aromatic carbocycles. The fourth-order valence-corrected chi connectivity index (χ4v) is 2.62. The van der Waals surface area contributed by atoms with Crippen molar-refractivity contribution in [3.05, 3.63) is 29.3 Å². The van der Waals surface area contributed by atoms with Crippen molar-refractivity contribution < 1.29 is 4.79 Å². The molecular weight excluding hydrogens is 236 g/mol. The molecule has 1 aromatic rings. The first-order valence-corrected chi connectivity index (χ1v) is 7.06. The summed E-state index contributed by atoms with van der Waals surface area (Å²) < 4.78 is 0. The number of aryl methyl sites for hydroxylation is 1. The highest BCUT2D eigenvalue weighted by Gasteiger charge is 2.36. The highest BCUT2D eigenvalue weighted by molar-refractivity contribution is 5.96. The zero-order chi connectivity index (χ0) is 14.0. The third-order valence-corrected chi connectivity index (χ3v) is 4.08. The number of benzene rings is 1. The van der Waals surface area contributed by atoms with Crippen LogP contribution in [0.1, 0.15) is 44.2 Å². The molecule has 1 atom stereocenters. The number of para-hydroxylation sites is 1. The van der Waals surface area contributed by atoms with Crippen LogP contribution in [-0.4, -0.2) is 19.0 Å². The Morgan fingerprint density at radius 1 is 1.42 bits per heavy atom. The van der Waals surface area contributed by atoms with Crippen LogP contribution >= 0.6 is 0 Å². The van der Waals surface area contributed by atoms with E-state index in [0.717, 1.165) is 30.8 Å². The molecule has 0 bridgehead atoms. The molecule has 2 N–H and O–H groups in total. The molecule has 0 radical (unpaired) electrons. The van der Waals surface area contributed by atoms with Crippen molar-refractivity contribution >= 4 is 11.6 Å². The van der Waals surface area contributed by atoms with Gasteiger partial charge >= 0.3 is 0 Å². The Kier molecular flexibility index (Phi) is 3.95. The number of nitrogens with one attached hydrogen (secondary N) is 2. The van der Waals surface area contributed by atoms with Gasteiger partial charge in [-0.2, -0.15) is 0 Å². The van der Waals surface area contributed by atoms with Gasteiger partial charge in [-0.15, -0.1) is 0 Å². The largest absolute Gasteiger partial charge is 0.325 e. The standard InChI is InChI=1S/C16H24N2O/c1-11(2)13-7-5-6-12(3)14(13)18-15(19)16(4)8-9-17-10-16/h5-7,11,17H,8-10H2,1-4H3,(H,18,19). The second-order valence-corrected chi connectivity index (χ2v) is 6.14. The molecule has 1 aliphatic heterocycles. The van der Waals surface area contributed by atoms with Gasteiger partial charge in [-0.05, 0) is 43.9 Å². The molecule has 1 amide bonds. The molecule has 0 aliphatic carbocycles. The summed E-state index contributed by atoms with van der Waals surface area (Å²) in [6.45, 7) is 10.1. The quantitative estimate of drug-likeness (QED) is 0.877. The van der Waals surface area contributed by atoms with Crippen molar-refractivity contribution in [1.82, 2.24) is 5.32 Å². The molecule has 1 saturated heterocycles. The summed E-state index contributed by atoms with van der Waals surface area (Å²) in [5, 5.41) is 6.43.